The number of nitrogens with one attached hydrogen (secondary N) is 1. The average Bonchev–Trinajstić information content (AvgIpc) is 2.06. The quantitative estimate of drug-likeness (QED) is 0.710. The fraction of sp³-hybridized carbons (Fsp3) is 0.222. The fourth-order valence-electron chi connectivity index (χ4n) is 0.864. The summed E-state index contributed by atoms with van der Waals surface area (Å²) in [5.74, 6) is -0.499. The van der Waals surface area contributed by atoms with Gasteiger partial charge < -0.3 is 5.32 Å². The summed E-state index contributed by atoms with van der Waals surface area (Å²) in [5.41, 5.74) is 0.484. The predicted molar refractivity (Wildman–Crippen MR) is 44.4 cm³/mol. The Kier molecular flexibility index (Phi) is 2.80. The Labute approximate surface area is 70.4 Å². The second-order valence-electron chi connectivity index (χ2n) is 2.37. The second kappa shape index (κ2) is 3.85. The standard InChI is InChI=1S/C9H10FNO/c1-2-11-9(12)7-3-5-8(10)6-4-7/h3-6H,2H2,1H3,(H,11,12)/i10-1. The van der Waals surface area contributed by atoms with E-state index in [-0.39, 0.29) is 11.7 Å². The third-order valence-corrected chi connectivity index (χ3v) is 1.44. The van der Waals surface area contributed by atoms with E-state index in [4.69, 9.17) is 0 Å². The van der Waals surface area contributed by atoms with E-state index in [0.717, 1.165) is 0 Å². The van der Waals surface area contributed by atoms with Gasteiger partial charge in [-0.15, -0.1) is 0 Å². The average molecular weight is 166 g/mol. The molecule has 0 saturated carbocycles. The minimum Gasteiger partial charge on any atom is -0.352 e. The van der Waals surface area contributed by atoms with Crippen molar-refractivity contribution in [2.24, 2.45) is 0 Å². The van der Waals surface area contributed by atoms with Crippen molar-refractivity contribution in [2.75, 3.05) is 6.54 Å². The van der Waals surface area contributed by atoms with Gasteiger partial charge in [0.25, 0.3) is 5.91 Å². The van der Waals surface area contributed by atoms with Crippen molar-refractivity contribution in [2.45, 2.75) is 6.92 Å². The Morgan fingerprint density at radius 3 is 2.50 bits per heavy atom. The number of hydrogen-bond donors (Lipinski definition) is 1. The molecule has 1 N–H and O–H groups in total. The lowest BCUT2D eigenvalue weighted by Gasteiger charge is -2.00. The maximum absolute atomic E-state index is 12.4. The molecule has 0 aliphatic carbocycles. The molecule has 0 heterocycles. The van der Waals surface area contributed by atoms with Crippen LogP contribution in [0.1, 0.15) is 17.3 Å². The molecule has 0 aliphatic heterocycles. The highest BCUT2D eigenvalue weighted by Gasteiger charge is 2.02. The third kappa shape index (κ3) is 2.05. The molecule has 1 amide bonds. The zero-order valence-electron chi connectivity index (χ0n) is 6.80. The topological polar surface area (TPSA) is 29.1 Å². The van der Waals surface area contributed by atoms with Crippen LogP contribution in [-0.4, -0.2) is 12.5 Å². The first-order valence-electron chi connectivity index (χ1n) is 3.78. The van der Waals surface area contributed by atoms with Gasteiger partial charge in [0.2, 0.25) is 0 Å². The van der Waals surface area contributed by atoms with Crippen LogP contribution < -0.4 is 5.32 Å². The van der Waals surface area contributed by atoms with Gasteiger partial charge in [-0.2, -0.15) is 0 Å². The van der Waals surface area contributed by atoms with E-state index in [0.29, 0.717) is 12.1 Å². The molecule has 0 fully saturated rings. The number of carbonyl (C=O) groups excluding carboxylic acids is 1. The van der Waals surface area contributed by atoms with E-state index in [1.165, 1.54) is 24.3 Å². The lowest BCUT2D eigenvalue weighted by molar-refractivity contribution is 0.0956. The van der Waals surface area contributed by atoms with E-state index < -0.39 is 0 Å². The van der Waals surface area contributed by atoms with Gasteiger partial charge in [-0.1, -0.05) is 0 Å². The number of carbonyl (C=O) groups is 1. The first-order chi connectivity index (χ1) is 5.74. The zero-order chi connectivity index (χ0) is 8.97. The van der Waals surface area contributed by atoms with Gasteiger partial charge in [0.05, 0.1) is 0 Å². The molecular formula is C9H10FNO. The summed E-state index contributed by atoms with van der Waals surface area (Å²) < 4.78 is 12.4. The molecule has 0 aliphatic rings. The second-order valence-corrected chi connectivity index (χ2v) is 2.37. The van der Waals surface area contributed by atoms with E-state index in [9.17, 15) is 9.18 Å². The van der Waals surface area contributed by atoms with Crippen molar-refractivity contribution in [1.29, 1.82) is 0 Å². The molecule has 0 saturated heterocycles. The Morgan fingerprint density at radius 2 is 2.00 bits per heavy atom. The van der Waals surface area contributed by atoms with Crippen molar-refractivity contribution in [3.05, 3.63) is 35.6 Å². The van der Waals surface area contributed by atoms with Gasteiger partial charge in [-0.25, -0.2) is 4.39 Å². The van der Waals surface area contributed by atoms with Crippen LogP contribution in [0.3, 0.4) is 0 Å². The largest absolute Gasteiger partial charge is 0.352 e. The minimum absolute atomic E-state index is 0.169. The van der Waals surface area contributed by atoms with Crippen LogP contribution in [-0.2, 0) is 0 Å². The molecule has 0 spiro atoms. The first-order valence-corrected chi connectivity index (χ1v) is 3.78. The molecule has 1 aromatic rings. The van der Waals surface area contributed by atoms with Crippen LogP contribution in [0.25, 0.3) is 0 Å². The molecule has 0 unspecified atom stereocenters. The Balaban J connectivity index is 2.75. The Bertz CT molecular complexity index is 268. The van der Waals surface area contributed by atoms with Crippen LogP contribution in [0.5, 0.6) is 0 Å². The number of rotatable bonds is 2. The van der Waals surface area contributed by atoms with Crippen molar-refractivity contribution < 1.29 is 9.18 Å². The van der Waals surface area contributed by atoms with Gasteiger partial charge in [-0.05, 0) is 31.2 Å². The van der Waals surface area contributed by atoms with Crippen LogP contribution >= 0.6 is 0 Å². The summed E-state index contributed by atoms with van der Waals surface area (Å²) in [6, 6.07) is 5.45. The molecule has 64 valence electrons. The number of benzene rings is 1. The Morgan fingerprint density at radius 1 is 1.42 bits per heavy atom. The molecule has 0 bridgehead atoms. The summed E-state index contributed by atoms with van der Waals surface area (Å²) >= 11 is 0. The summed E-state index contributed by atoms with van der Waals surface area (Å²) in [6.07, 6.45) is 0. The van der Waals surface area contributed by atoms with Crippen LogP contribution in [0.4, 0.5) is 4.39 Å². The summed E-state index contributed by atoms with van der Waals surface area (Å²) in [7, 11) is 0. The maximum Gasteiger partial charge on any atom is 0.251 e. The molecule has 2 nitrogen and oxygen atoms in total. The minimum atomic E-state index is -0.331. The van der Waals surface area contributed by atoms with Gasteiger partial charge in [0, 0.05) is 12.1 Å². The van der Waals surface area contributed by atoms with E-state index in [1.54, 1.807) is 0 Å². The zero-order valence-corrected chi connectivity index (χ0v) is 6.80. The van der Waals surface area contributed by atoms with Crippen LogP contribution in [0.2, 0.25) is 0 Å². The summed E-state index contributed by atoms with van der Waals surface area (Å²) in [4.78, 5) is 11.1. The molecule has 0 atom stereocenters. The van der Waals surface area contributed by atoms with E-state index >= 15 is 0 Å². The Hall–Kier alpha value is -1.38. The first kappa shape index (κ1) is 8.71. The van der Waals surface area contributed by atoms with Crippen molar-refractivity contribution in [1.82, 2.24) is 5.32 Å². The van der Waals surface area contributed by atoms with Gasteiger partial charge >= 0.3 is 0 Å². The highest BCUT2D eigenvalue weighted by molar-refractivity contribution is 5.94. The maximum atomic E-state index is 12.4. The monoisotopic (exact) mass is 166 g/mol. The highest BCUT2D eigenvalue weighted by Crippen LogP contribution is 2.01. The van der Waals surface area contributed by atoms with Gasteiger partial charge in [0.1, 0.15) is 5.82 Å². The smallest absolute Gasteiger partial charge is 0.251 e. The lowest BCUT2D eigenvalue weighted by Crippen LogP contribution is -2.22. The normalized spacial score (nSPS) is 9.50. The van der Waals surface area contributed by atoms with E-state index in [1.807, 2.05) is 6.92 Å². The summed E-state index contributed by atoms with van der Waals surface area (Å²) in [6.45, 7) is 2.41. The molecule has 0 radical (unpaired) electrons. The summed E-state index contributed by atoms with van der Waals surface area (Å²) in [5, 5.41) is 2.62. The highest BCUT2D eigenvalue weighted by atomic mass is 18.2. The number of halogens is 1. The predicted octanol–water partition coefficient (Wildman–Crippen LogP) is 1.58. The number of amides is 1. The van der Waals surface area contributed by atoms with Crippen molar-refractivity contribution >= 4 is 5.91 Å². The van der Waals surface area contributed by atoms with Gasteiger partial charge in [0.15, 0.2) is 0 Å². The van der Waals surface area contributed by atoms with Crippen LogP contribution in [0, 0.1) is 5.82 Å². The molecule has 0 aromatic heterocycles. The van der Waals surface area contributed by atoms with Crippen molar-refractivity contribution in [3.8, 4) is 0 Å². The molecule has 12 heavy (non-hydrogen) atoms. The van der Waals surface area contributed by atoms with E-state index in [2.05, 4.69) is 5.32 Å². The molecule has 3 heteroatoms. The molecule has 1 aromatic carbocycles. The SMILES string of the molecule is CCNC(=O)c1ccc([18F])cc1. The number of hydrogen-bond acceptors (Lipinski definition) is 1. The van der Waals surface area contributed by atoms with Crippen molar-refractivity contribution in [3.63, 3.8) is 0 Å². The lowest BCUT2D eigenvalue weighted by atomic mass is 10.2. The fourth-order valence-corrected chi connectivity index (χ4v) is 0.864. The van der Waals surface area contributed by atoms with Gasteiger partial charge in [-0.3, -0.25) is 4.79 Å². The molecule has 1 rings (SSSR count). The van der Waals surface area contributed by atoms with Crippen LogP contribution in [0.15, 0.2) is 24.3 Å². The molecular weight excluding hydrogens is 156 g/mol. The third-order valence-electron chi connectivity index (χ3n) is 1.44.